The van der Waals surface area contributed by atoms with E-state index in [1.54, 1.807) is 0 Å². The molecule has 72 valence electrons. The van der Waals surface area contributed by atoms with Gasteiger partial charge in [-0.1, -0.05) is 18.2 Å². The van der Waals surface area contributed by atoms with E-state index in [4.69, 9.17) is 11.0 Å². The molecule has 0 aliphatic carbocycles. The van der Waals surface area contributed by atoms with Crippen molar-refractivity contribution in [1.82, 2.24) is 0 Å². The smallest absolute Gasteiger partial charge is 0.0991 e. The largest absolute Gasteiger partial charge is 0.330 e. The zero-order chi connectivity index (χ0) is 10.4. The molecule has 14 heavy (non-hydrogen) atoms. The maximum Gasteiger partial charge on any atom is 0.0991 e. The molecular weight excluding hydrogens is 172 g/mol. The highest BCUT2D eigenvalue weighted by atomic mass is 14.5. The molecule has 0 heterocycles. The molecule has 0 aliphatic rings. The summed E-state index contributed by atoms with van der Waals surface area (Å²) >= 11 is 0. The molecule has 0 radical (unpaired) electrons. The molecule has 0 saturated carbocycles. The quantitative estimate of drug-likeness (QED) is 0.787. The summed E-state index contributed by atoms with van der Waals surface area (Å²) in [5, 5.41) is 8.63. The van der Waals surface area contributed by atoms with E-state index < -0.39 is 0 Å². The zero-order valence-corrected chi connectivity index (χ0v) is 8.33. The normalized spacial score (nSPS) is 11.1. The lowest BCUT2D eigenvalue weighted by atomic mass is 10.0. The maximum absolute atomic E-state index is 8.63. The summed E-state index contributed by atoms with van der Waals surface area (Å²) in [5.74, 6) is 0. The van der Waals surface area contributed by atoms with Crippen LogP contribution in [-0.2, 0) is 0 Å². The van der Waals surface area contributed by atoms with Crippen LogP contribution in [0.15, 0.2) is 30.3 Å². The van der Waals surface area contributed by atoms with Crippen molar-refractivity contribution in [2.24, 2.45) is 5.73 Å². The van der Waals surface area contributed by atoms with Gasteiger partial charge in [-0.3, -0.25) is 0 Å². The van der Waals surface area contributed by atoms with Gasteiger partial charge in [0.05, 0.1) is 11.6 Å². The highest BCUT2D eigenvalue weighted by Gasteiger charge is 1.95. The number of hydrogen-bond acceptors (Lipinski definition) is 2. The van der Waals surface area contributed by atoms with Crippen molar-refractivity contribution in [1.29, 1.82) is 5.26 Å². The molecule has 2 nitrogen and oxygen atoms in total. The molecule has 2 heteroatoms. The van der Waals surface area contributed by atoms with Crippen LogP contribution in [0, 0.1) is 11.3 Å². The fourth-order valence-corrected chi connectivity index (χ4v) is 1.23. The van der Waals surface area contributed by atoms with Crippen molar-refractivity contribution in [3.63, 3.8) is 0 Å². The minimum atomic E-state index is 0.674. The van der Waals surface area contributed by atoms with Crippen molar-refractivity contribution in [2.45, 2.75) is 13.3 Å². The van der Waals surface area contributed by atoms with Gasteiger partial charge in [0.2, 0.25) is 0 Å². The third kappa shape index (κ3) is 2.72. The molecule has 0 aliphatic heterocycles. The van der Waals surface area contributed by atoms with Gasteiger partial charge in [0.25, 0.3) is 0 Å². The van der Waals surface area contributed by atoms with Crippen molar-refractivity contribution in [3.05, 3.63) is 41.5 Å². The second kappa shape index (κ2) is 5.21. The SMILES string of the molecule is C/C(=C/CCN)c1ccc(C#N)cc1. The lowest BCUT2D eigenvalue weighted by Gasteiger charge is -2.00. The number of allylic oxidation sites excluding steroid dienone is 1. The van der Waals surface area contributed by atoms with Crippen LogP contribution in [0.3, 0.4) is 0 Å². The van der Waals surface area contributed by atoms with Crippen LogP contribution in [0.1, 0.15) is 24.5 Å². The first-order chi connectivity index (χ1) is 6.77. The molecule has 2 N–H and O–H groups in total. The van der Waals surface area contributed by atoms with Crippen molar-refractivity contribution >= 4 is 5.57 Å². The summed E-state index contributed by atoms with van der Waals surface area (Å²) in [6.07, 6.45) is 3.01. The Balaban J connectivity index is 2.82. The lowest BCUT2D eigenvalue weighted by Crippen LogP contribution is -1.95. The van der Waals surface area contributed by atoms with Crippen molar-refractivity contribution in [3.8, 4) is 6.07 Å². The van der Waals surface area contributed by atoms with Crippen LogP contribution in [0.25, 0.3) is 5.57 Å². The second-order valence-electron chi connectivity index (χ2n) is 3.15. The van der Waals surface area contributed by atoms with Crippen molar-refractivity contribution < 1.29 is 0 Å². The fraction of sp³-hybridized carbons (Fsp3) is 0.250. The predicted octanol–water partition coefficient (Wildman–Crippen LogP) is 2.31. The number of nitrogens with two attached hydrogens (primary N) is 1. The van der Waals surface area contributed by atoms with Gasteiger partial charge >= 0.3 is 0 Å². The topological polar surface area (TPSA) is 49.8 Å². The lowest BCUT2D eigenvalue weighted by molar-refractivity contribution is 1.01. The first-order valence-corrected chi connectivity index (χ1v) is 4.65. The van der Waals surface area contributed by atoms with E-state index in [2.05, 4.69) is 19.1 Å². The molecule has 1 rings (SSSR count). The molecule has 1 aromatic carbocycles. The van der Waals surface area contributed by atoms with Crippen LogP contribution in [0.5, 0.6) is 0 Å². The predicted molar refractivity (Wildman–Crippen MR) is 58.5 cm³/mol. The van der Waals surface area contributed by atoms with E-state index in [0.29, 0.717) is 12.1 Å². The molecule has 0 saturated heterocycles. The molecule has 0 spiro atoms. The van der Waals surface area contributed by atoms with E-state index >= 15 is 0 Å². The minimum Gasteiger partial charge on any atom is -0.330 e. The molecule has 0 bridgehead atoms. The Morgan fingerprint density at radius 2 is 2.07 bits per heavy atom. The van der Waals surface area contributed by atoms with Crippen LogP contribution in [0.2, 0.25) is 0 Å². The molecule has 0 fully saturated rings. The Hall–Kier alpha value is -1.59. The second-order valence-corrected chi connectivity index (χ2v) is 3.15. The summed E-state index contributed by atoms with van der Waals surface area (Å²) in [7, 11) is 0. The third-order valence-corrected chi connectivity index (χ3v) is 2.09. The fourth-order valence-electron chi connectivity index (χ4n) is 1.23. The van der Waals surface area contributed by atoms with Crippen LogP contribution in [0.4, 0.5) is 0 Å². The van der Waals surface area contributed by atoms with Gasteiger partial charge < -0.3 is 5.73 Å². The minimum absolute atomic E-state index is 0.674. The molecular formula is C12H14N2. The highest BCUT2D eigenvalue weighted by Crippen LogP contribution is 2.14. The average Bonchev–Trinajstić information content (AvgIpc) is 2.26. The van der Waals surface area contributed by atoms with E-state index in [0.717, 1.165) is 12.0 Å². The van der Waals surface area contributed by atoms with Crippen molar-refractivity contribution in [2.75, 3.05) is 6.54 Å². The van der Waals surface area contributed by atoms with Crippen LogP contribution >= 0.6 is 0 Å². The number of nitrogens with zero attached hydrogens (tertiary/aromatic N) is 1. The molecule has 0 unspecified atom stereocenters. The van der Waals surface area contributed by atoms with Gasteiger partial charge in [0.1, 0.15) is 0 Å². The molecule has 0 aromatic heterocycles. The first-order valence-electron chi connectivity index (χ1n) is 4.65. The van der Waals surface area contributed by atoms with Crippen LogP contribution < -0.4 is 5.73 Å². The third-order valence-electron chi connectivity index (χ3n) is 2.09. The summed E-state index contributed by atoms with van der Waals surface area (Å²) in [5.41, 5.74) is 8.47. The number of nitriles is 1. The highest BCUT2D eigenvalue weighted by molar-refractivity contribution is 5.64. The van der Waals surface area contributed by atoms with Gasteiger partial charge in [0, 0.05) is 0 Å². The summed E-state index contributed by atoms with van der Waals surface area (Å²) < 4.78 is 0. The first kappa shape index (κ1) is 10.5. The van der Waals surface area contributed by atoms with Gasteiger partial charge in [-0.25, -0.2) is 0 Å². The molecule has 0 amide bonds. The Bertz CT molecular complexity index is 355. The van der Waals surface area contributed by atoms with Gasteiger partial charge in [0.15, 0.2) is 0 Å². The summed E-state index contributed by atoms with van der Waals surface area (Å²) in [6, 6.07) is 9.67. The van der Waals surface area contributed by atoms with E-state index in [1.807, 2.05) is 24.3 Å². The molecule has 1 aromatic rings. The molecule has 0 atom stereocenters. The summed E-state index contributed by atoms with van der Waals surface area (Å²) in [6.45, 7) is 2.73. The standard InChI is InChI=1S/C12H14N2/c1-10(3-2-8-13)12-6-4-11(9-14)5-7-12/h3-7H,2,8,13H2,1H3/b10-3-. The average molecular weight is 186 g/mol. The van der Waals surface area contributed by atoms with Gasteiger partial charge in [-0.15, -0.1) is 0 Å². The zero-order valence-electron chi connectivity index (χ0n) is 8.33. The van der Waals surface area contributed by atoms with Crippen LogP contribution in [-0.4, -0.2) is 6.54 Å². The Labute approximate surface area is 84.7 Å². The van der Waals surface area contributed by atoms with Gasteiger partial charge in [-0.05, 0) is 43.2 Å². The van der Waals surface area contributed by atoms with E-state index in [-0.39, 0.29) is 0 Å². The maximum atomic E-state index is 8.63. The van der Waals surface area contributed by atoms with E-state index in [9.17, 15) is 0 Å². The number of hydrogen-bond donors (Lipinski definition) is 1. The number of rotatable bonds is 3. The van der Waals surface area contributed by atoms with E-state index in [1.165, 1.54) is 5.57 Å². The number of benzene rings is 1. The Morgan fingerprint density at radius 3 is 2.57 bits per heavy atom. The Morgan fingerprint density at radius 1 is 1.43 bits per heavy atom. The Kier molecular flexibility index (Phi) is 3.90. The summed E-state index contributed by atoms with van der Waals surface area (Å²) in [4.78, 5) is 0. The monoisotopic (exact) mass is 186 g/mol. The van der Waals surface area contributed by atoms with Gasteiger partial charge in [-0.2, -0.15) is 5.26 Å².